The number of hydrogen-bond donors (Lipinski definition) is 8. The summed E-state index contributed by atoms with van der Waals surface area (Å²) in [6.07, 6.45) is 29.3. The third-order valence-corrected chi connectivity index (χ3v) is 21.5. The first-order valence-corrected chi connectivity index (χ1v) is 47.2. The molecule has 1 aliphatic heterocycles. The van der Waals surface area contributed by atoms with E-state index in [4.69, 9.17) is 85.2 Å². The Morgan fingerprint density at radius 1 is 0.429 bits per heavy atom. The lowest BCUT2D eigenvalue weighted by Crippen LogP contribution is -2.32. The number of aliphatic hydroxyl groups is 8. The summed E-state index contributed by atoms with van der Waals surface area (Å²) < 4.78 is 98.2. The summed E-state index contributed by atoms with van der Waals surface area (Å²) in [4.78, 5) is 0. The van der Waals surface area contributed by atoms with Crippen molar-refractivity contribution < 1.29 is 96.3 Å². The van der Waals surface area contributed by atoms with E-state index in [0.29, 0.717) is 59.1 Å². The van der Waals surface area contributed by atoms with Gasteiger partial charge in [-0.05, 0) is 251 Å². The van der Waals surface area contributed by atoms with Crippen molar-refractivity contribution in [1.82, 2.24) is 0 Å². The molecule has 9 rings (SSSR count). The fourth-order valence-electron chi connectivity index (χ4n) is 13.5. The van der Waals surface area contributed by atoms with Gasteiger partial charge in [0.2, 0.25) is 0 Å². The highest BCUT2D eigenvalue weighted by molar-refractivity contribution is 6.30. The number of ether oxygens (including phenoxy) is 8. The third-order valence-electron chi connectivity index (χ3n) is 21.2. The number of halogens is 5. The molecule has 0 aromatic heterocycles. The molecular weight excluding hydrogens is 1630 g/mol. The van der Waals surface area contributed by atoms with Crippen molar-refractivity contribution in [1.29, 1.82) is 0 Å². The lowest BCUT2D eigenvalue weighted by atomic mass is 9.83. The average molecular weight is 1790 g/mol. The molecule has 21 heteroatoms. The minimum atomic E-state index is -0.926. The number of unbranched alkanes of at least 4 members (excludes halogenated alkanes) is 7. The third kappa shape index (κ3) is 46.9. The lowest BCUT2D eigenvalue weighted by molar-refractivity contribution is -0.0276. The van der Waals surface area contributed by atoms with Crippen LogP contribution in [0.25, 0.3) is 0 Å². The van der Waals surface area contributed by atoms with Crippen LogP contribution in [0.15, 0.2) is 133 Å². The van der Waals surface area contributed by atoms with Gasteiger partial charge in [0, 0.05) is 23.1 Å². The molecule has 1 saturated carbocycles. The van der Waals surface area contributed by atoms with Crippen molar-refractivity contribution >= 4 is 11.6 Å². The van der Waals surface area contributed by atoms with E-state index >= 15 is 0 Å². The quantitative estimate of drug-likeness (QED) is 0.0166. The van der Waals surface area contributed by atoms with E-state index in [1.54, 1.807) is 39.0 Å². The molecule has 7 aromatic carbocycles. The van der Waals surface area contributed by atoms with Crippen molar-refractivity contribution in [2.75, 3.05) is 59.5 Å². The van der Waals surface area contributed by atoms with Crippen LogP contribution >= 0.6 is 11.6 Å². The second-order valence-electron chi connectivity index (χ2n) is 33.6. The predicted molar refractivity (Wildman–Crippen MR) is 506 cm³/mol. The van der Waals surface area contributed by atoms with Crippen molar-refractivity contribution in [3.63, 3.8) is 0 Å². The summed E-state index contributed by atoms with van der Waals surface area (Å²) in [5.74, 6) is 3.85. The summed E-state index contributed by atoms with van der Waals surface area (Å²) in [5.41, 5.74) is 7.79. The van der Waals surface area contributed by atoms with Gasteiger partial charge in [-0.15, -0.1) is 0 Å². The minimum Gasteiger partial charge on any atom is -0.488 e. The summed E-state index contributed by atoms with van der Waals surface area (Å²) >= 11 is 5.94. The summed E-state index contributed by atoms with van der Waals surface area (Å²) in [6.45, 7) is 32.6. The number of benzene rings is 7. The second kappa shape index (κ2) is 68.8. The maximum atomic E-state index is 13.6. The molecule has 7 aromatic rings. The van der Waals surface area contributed by atoms with Gasteiger partial charge in [-0.1, -0.05) is 223 Å². The average Bonchev–Trinajstić information content (AvgIpc) is 1.65. The topological polar surface area (TPSA) is 236 Å². The maximum Gasteiger partial charge on any atom is 0.165 e. The number of hydrogen-bond acceptors (Lipinski definition) is 16. The number of aryl methyl sites for hydroxylation is 5. The number of aliphatic hydroxyl groups excluding tert-OH is 8. The Labute approximate surface area is 760 Å². The van der Waals surface area contributed by atoms with Gasteiger partial charge in [-0.3, -0.25) is 0 Å². The summed E-state index contributed by atoms with van der Waals surface area (Å²) in [5, 5.41) is 72.4. The van der Waals surface area contributed by atoms with E-state index < -0.39 is 23.3 Å². The highest BCUT2D eigenvalue weighted by Gasteiger charge is 2.27. The highest BCUT2D eigenvalue weighted by Crippen LogP contribution is 2.36. The van der Waals surface area contributed by atoms with Crippen molar-refractivity contribution in [3.05, 3.63) is 206 Å². The molecule has 1 heterocycles. The van der Waals surface area contributed by atoms with Crippen LogP contribution in [0.4, 0.5) is 17.6 Å². The second-order valence-corrected chi connectivity index (χ2v) is 34.0. The van der Waals surface area contributed by atoms with E-state index in [0.717, 1.165) is 136 Å². The first kappa shape index (κ1) is 115. The lowest BCUT2D eigenvalue weighted by Gasteiger charge is -2.31. The molecule has 2 aliphatic rings. The fraction of sp³-hybridized carbons (Fsp3) is 0.600. The molecule has 1 aliphatic carbocycles. The molecule has 1 fully saturated rings. The zero-order chi connectivity index (χ0) is 93.6. The van der Waals surface area contributed by atoms with Crippen molar-refractivity contribution in [2.24, 2.45) is 11.8 Å². The Balaban J connectivity index is 0.000000488. The number of para-hydroxylation sites is 4. The van der Waals surface area contributed by atoms with Gasteiger partial charge in [-0.2, -0.15) is 0 Å². The molecule has 0 amide bonds. The molecule has 0 saturated heterocycles. The van der Waals surface area contributed by atoms with Crippen molar-refractivity contribution in [2.45, 2.75) is 339 Å². The molecule has 16 nitrogen and oxygen atoms in total. The van der Waals surface area contributed by atoms with E-state index in [2.05, 4.69) is 85.7 Å². The minimum absolute atomic E-state index is 0.0136. The van der Waals surface area contributed by atoms with Crippen molar-refractivity contribution in [3.8, 4) is 40.2 Å². The van der Waals surface area contributed by atoms with E-state index in [-0.39, 0.29) is 101 Å². The largest absolute Gasteiger partial charge is 0.488 e. The van der Waals surface area contributed by atoms with Gasteiger partial charge in [0.05, 0.1) is 65.6 Å². The Kier molecular flexibility index (Phi) is 62.7. The molecule has 0 radical (unpaired) electrons. The Bertz CT molecular complexity index is 3870. The predicted octanol–water partition coefficient (Wildman–Crippen LogP) is 23.6. The van der Waals surface area contributed by atoms with E-state index in [9.17, 15) is 22.7 Å². The van der Waals surface area contributed by atoms with Gasteiger partial charge >= 0.3 is 0 Å². The first-order chi connectivity index (χ1) is 60.6. The zero-order valence-corrected chi connectivity index (χ0v) is 80.1. The molecule has 9 atom stereocenters. The van der Waals surface area contributed by atoms with Gasteiger partial charge in [0.1, 0.15) is 82.5 Å². The zero-order valence-electron chi connectivity index (χ0n) is 79.3. The Morgan fingerprint density at radius 3 is 1.43 bits per heavy atom. The molecule has 0 bridgehead atoms. The van der Waals surface area contributed by atoms with Crippen LogP contribution in [0.2, 0.25) is 5.02 Å². The molecule has 126 heavy (non-hydrogen) atoms. The summed E-state index contributed by atoms with van der Waals surface area (Å²) in [6, 6.07) is 40.2. The van der Waals surface area contributed by atoms with Crippen LogP contribution in [0, 0.1) is 35.1 Å². The van der Waals surface area contributed by atoms with Crippen LogP contribution in [-0.2, 0) is 56.1 Å². The monoisotopic (exact) mass is 1790 g/mol. The fourth-order valence-corrected chi connectivity index (χ4v) is 13.6. The normalized spacial score (nSPS) is 15.1. The van der Waals surface area contributed by atoms with Crippen LogP contribution < -0.4 is 33.2 Å². The van der Waals surface area contributed by atoms with Gasteiger partial charge < -0.3 is 78.7 Å². The van der Waals surface area contributed by atoms with Crippen LogP contribution in [0.5, 0.6) is 40.2 Å². The van der Waals surface area contributed by atoms with E-state index in [1.807, 2.05) is 95.3 Å². The summed E-state index contributed by atoms with van der Waals surface area (Å²) in [7, 11) is 0. The standard InChI is InChI=1S/2C14H22O2.C13H19ClO2.C13H18F2O2.2C13H19FO2.C13H18O2.C12H24O2/c1-4-11(2)9-13-7-5-6-8-14(13)16-12(3)10-15;1-4-5-8-12-9-6-7-10-13(12)16-14(2,3)11-15;1-3-4-5-11-6-7-12(14)8-13(11)16-10(2)9-15;1-3-4-5-10-6-11(14)12(15)7-13(10)17-9(2)8-16;1-3-4-6-11-12(14)7-5-8-13(11)16-10(2)9-15;1-3-4-6-11-7-5-8-12(14)13(11)16-10(2)9-15;1-2-3-5-10-6-4-7-11-8-12(9-14)15-13(10)11;1-2-3-6-11-7-4-5-8-12(11)14-10-9-13/h5-8,11-12,15H,4,9-10H2,1-3H3;6-7,9-10,15H,4-5,8,11H2,1-3H3;6-8,10,15H,3-5,9H2,1-2H3;6-7,9,16H,3-5,8H2,1-2H3;2*5,7-8,10,15H,3-4,6,9H2,1-2H3;4,6-7,12,14H,2-3,5,8-9H2,1H3;11-13H,2-10H2,1H3. The molecule has 0 spiro atoms. The molecule has 9 unspecified atom stereocenters. The Morgan fingerprint density at radius 2 is 0.873 bits per heavy atom. The number of rotatable bonds is 46. The van der Waals surface area contributed by atoms with Crippen LogP contribution in [0.1, 0.15) is 284 Å². The number of fused-ring (bicyclic) bond motifs is 1. The molecular formula is C105H161ClF4O16. The SMILES string of the molecule is CCC(C)Cc1ccccc1OC(C)CO.CCCCC1CCCCC1OCCO.CCCCc1c(F)cccc1OC(C)CO.CCCCc1cc(F)c(F)cc1OC(C)CO.CCCCc1ccc(Cl)cc1OC(C)CO.CCCCc1cccc(F)c1OC(C)CO.CCCCc1cccc2c1OC(CO)C2.CCCCc1ccccc1OC(C)(C)CO. The molecule has 712 valence electrons. The van der Waals surface area contributed by atoms with Crippen LogP contribution in [-0.4, -0.2) is 149 Å². The smallest absolute Gasteiger partial charge is 0.165 e. The first-order valence-electron chi connectivity index (χ1n) is 46.9. The van der Waals surface area contributed by atoms with E-state index in [1.165, 1.54) is 118 Å². The molecule has 8 N–H and O–H groups in total. The maximum absolute atomic E-state index is 13.6. The Hall–Kier alpha value is -7.21. The van der Waals surface area contributed by atoms with Gasteiger partial charge in [-0.25, -0.2) is 17.6 Å². The van der Waals surface area contributed by atoms with Crippen LogP contribution in [0.3, 0.4) is 0 Å². The van der Waals surface area contributed by atoms with Gasteiger partial charge in [0.15, 0.2) is 23.2 Å². The highest BCUT2D eigenvalue weighted by atomic mass is 35.5. The van der Waals surface area contributed by atoms with Gasteiger partial charge in [0.25, 0.3) is 0 Å².